The zero-order valence-corrected chi connectivity index (χ0v) is 7.60. The van der Waals surface area contributed by atoms with Crippen molar-refractivity contribution < 1.29 is 0 Å². The highest BCUT2D eigenvalue weighted by molar-refractivity contribution is 4.98. The molecule has 0 spiro atoms. The number of hydrogen-bond donors (Lipinski definition) is 1. The Balaban J connectivity index is 2.82. The van der Waals surface area contributed by atoms with Gasteiger partial charge in [-0.1, -0.05) is 12.2 Å². The van der Waals surface area contributed by atoms with Gasteiger partial charge >= 0.3 is 0 Å². The van der Waals surface area contributed by atoms with E-state index < -0.39 is 0 Å². The van der Waals surface area contributed by atoms with E-state index in [2.05, 4.69) is 5.10 Å². The molecule has 0 bridgehead atoms. The van der Waals surface area contributed by atoms with Crippen molar-refractivity contribution in [3.05, 3.63) is 40.3 Å². The molecule has 4 heteroatoms. The minimum atomic E-state index is -0.0905. The molecule has 0 aliphatic heterocycles. The summed E-state index contributed by atoms with van der Waals surface area (Å²) in [5.74, 6) is 0. The highest BCUT2D eigenvalue weighted by Crippen LogP contribution is 1.86. The third-order valence-electron chi connectivity index (χ3n) is 1.58. The molecule has 2 N–H and O–H groups in total. The van der Waals surface area contributed by atoms with Gasteiger partial charge in [-0.3, -0.25) is 4.79 Å². The van der Waals surface area contributed by atoms with Gasteiger partial charge in [-0.15, -0.1) is 0 Å². The Kier molecular flexibility index (Phi) is 3.40. The maximum absolute atomic E-state index is 11.2. The Morgan fingerprint density at radius 1 is 1.54 bits per heavy atom. The lowest BCUT2D eigenvalue weighted by Gasteiger charge is -2.00. The van der Waals surface area contributed by atoms with Crippen LogP contribution in [-0.4, -0.2) is 16.3 Å². The van der Waals surface area contributed by atoms with E-state index in [4.69, 9.17) is 5.73 Å². The van der Waals surface area contributed by atoms with Crippen LogP contribution < -0.4 is 11.3 Å². The Morgan fingerprint density at radius 2 is 2.31 bits per heavy atom. The van der Waals surface area contributed by atoms with Crippen LogP contribution in [0.5, 0.6) is 0 Å². The van der Waals surface area contributed by atoms with Crippen molar-refractivity contribution in [2.45, 2.75) is 13.5 Å². The normalized spacial score (nSPS) is 10.9. The Morgan fingerprint density at radius 3 is 3.00 bits per heavy atom. The quantitative estimate of drug-likeness (QED) is 0.668. The van der Waals surface area contributed by atoms with Gasteiger partial charge < -0.3 is 5.73 Å². The first-order chi connectivity index (χ1) is 6.24. The van der Waals surface area contributed by atoms with E-state index in [1.54, 1.807) is 12.1 Å². The topological polar surface area (TPSA) is 60.9 Å². The van der Waals surface area contributed by atoms with Crippen LogP contribution in [0.1, 0.15) is 5.69 Å². The van der Waals surface area contributed by atoms with Crippen molar-refractivity contribution >= 4 is 0 Å². The van der Waals surface area contributed by atoms with E-state index in [1.807, 2.05) is 13.0 Å². The molecule has 0 saturated carbocycles. The van der Waals surface area contributed by atoms with E-state index in [1.165, 1.54) is 10.7 Å². The monoisotopic (exact) mass is 179 g/mol. The highest BCUT2D eigenvalue weighted by Gasteiger charge is 1.93. The van der Waals surface area contributed by atoms with Gasteiger partial charge in [-0.2, -0.15) is 5.10 Å². The molecule has 0 unspecified atom stereocenters. The van der Waals surface area contributed by atoms with Crippen molar-refractivity contribution in [3.63, 3.8) is 0 Å². The molecule has 1 heterocycles. The molecule has 0 amide bonds. The molecule has 70 valence electrons. The van der Waals surface area contributed by atoms with Gasteiger partial charge in [-0.05, 0) is 13.0 Å². The van der Waals surface area contributed by atoms with Gasteiger partial charge in [0.15, 0.2) is 0 Å². The van der Waals surface area contributed by atoms with Crippen molar-refractivity contribution in [3.8, 4) is 0 Å². The summed E-state index contributed by atoms with van der Waals surface area (Å²) < 4.78 is 1.40. The Bertz CT molecular complexity index is 354. The summed E-state index contributed by atoms with van der Waals surface area (Å²) in [6.45, 7) is 2.82. The van der Waals surface area contributed by atoms with Gasteiger partial charge in [0.05, 0.1) is 12.2 Å². The van der Waals surface area contributed by atoms with Crippen LogP contribution in [0, 0.1) is 6.92 Å². The summed E-state index contributed by atoms with van der Waals surface area (Å²) in [6.07, 6.45) is 3.63. The highest BCUT2D eigenvalue weighted by atomic mass is 16.1. The summed E-state index contributed by atoms with van der Waals surface area (Å²) in [5.41, 5.74) is 6.01. The molecule has 0 atom stereocenters. The molecule has 1 aromatic rings. The lowest BCUT2D eigenvalue weighted by Crippen LogP contribution is -2.21. The van der Waals surface area contributed by atoms with E-state index >= 15 is 0 Å². The molecule has 0 aliphatic rings. The zero-order chi connectivity index (χ0) is 9.68. The second kappa shape index (κ2) is 4.57. The third kappa shape index (κ3) is 2.83. The van der Waals surface area contributed by atoms with Gasteiger partial charge in [0.2, 0.25) is 0 Å². The molecule has 13 heavy (non-hydrogen) atoms. The van der Waals surface area contributed by atoms with E-state index in [9.17, 15) is 4.79 Å². The molecular weight excluding hydrogens is 166 g/mol. The molecule has 0 saturated heterocycles. The van der Waals surface area contributed by atoms with E-state index in [0.29, 0.717) is 13.1 Å². The molecule has 0 aliphatic carbocycles. The van der Waals surface area contributed by atoms with Crippen molar-refractivity contribution in [1.29, 1.82) is 0 Å². The van der Waals surface area contributed by atoms with Gasteiger partial charge in [0.25, 0.3) is 5.56 Å². The zero-order valence-electron chi connectivity index (χ0n) is 7.60. The number of rotatable bonds is 3. The summed E-state index contributed by atoms with van der Waals surface area (Å²) in [7, 11) is 0. The average molecular weight is 179 g/mol. The SMILES string of the molecule is Cc1ccc(=O)n(C/C=C/CN)n1. The molecule has 4 nitrogen and oxygen atoms in total. The lowest BCUT2D eigenvalue weighted by molar-refractivity contribution is 0.639. The Hall–Kier alpha value is -1.42. The maximum Gasteiger partial charge on any atom is 0.267 e. The van der Waals surface area contributed by atoms with Crippen LogP contribution in [0.3, 0.4) is 0 Å². The van der Waals surface area contributed by atoms with Crippen LogP contribution in [0.4, 0.5) is 0 Å². The fourth-order valence-corrected chi connectivity index (χ4v) is 0.952. The van der Waals surface area contributed by atoms with Crippen LogP contribution in [-0.2, 0) is 6.54 Å². The lowest BCUT2D eigenvalue weighted by atomic mass is 10.4. The molecule has 0 fully saturated rings. The van der Waals surface area contributed by atoms with Crippen LogP contribution in [0.25, 0.3) is 0 Å². The van der Waals surface area contributed by atoms with Gasteiger partial charge in [0.1, 0.15) is 0 Å². The van der Waals surface area contributed by atoms with Crippen molar-refractivity contribution in [2.24, 2.45) is 5.73 Å². The predicted molar refractivity (Wildman–Crippen MR) is 51.4 cm³/mol. The largest absolute Gasteiger partial charge is 0.327 e. The first-order valence-corrected chi connectivity index (χ1v) is 4.14. The van der Waals surface area contributed by atoms with Crippen molar-refractivity contribution in [2.75, 3.05) is 6.54 Å². The summed E-state index contributed by atoms with van der Waals surface area (Å²) in [5, 5.41) is 4.06. The molecule has 0 radical (unpaired) electrons. The second-order valence-electron chi connectivity index (χ2n) is 2.70. The standard InChI is InChI=1S/C9H13N3O/c1-8-4-5-9(13)12(11-8)7-3-2-6-10/h2-5H,6-7,10H2,1H3/b3-2+. The number of nitrogens with two attached hydrogens (primary N) is 1. The van der Waals surface area contributed by atoms with E-state index in [0.717, 1.165) is 5.69 Å². The smallest absolute Gasteiger partial charge is 0.267 e. The number of aryl methyl sites for hydroxylation is 1. The molecule has 0 aromatic carbocycles. The summed E-state index contributed by atoms with van der Waals surface area (Å²) in [4.78, 5) is 11.2. The number of nitrogens with zero attached hydrogens (tertiary/aromatic N) is 2. The van der Waals surface area contributed by atoms with E-state index in [-0.39, 0.29) is 5.56 Å². The number of allylic oxidation sites excluding steroid dienone is 1. The number of aromatic nitrogens is 2. The average Bonchev–Trinajstić information content (AvgIpc) is 2.11. The molecule has 1 aromatic heterocycles. The predicted octanol–water partition coefficient (Wildman–Crippen LogP) is 0.0666. The first-order valence-electron chi connectivity index (χ1n) is 4.14. The fourth-order valence-electron chi connectivity index (χ4n) is 0.952. The van der Waals surface area contributed by atoms with Crippen molar-refractivity contribution in [1.82, 2.24) is 9.78 Å². The molecule has 1 rings (SSSR count). The summed E-state index contributed by atoms with van der Waals surface area (Å²) in [6, 6.07) is 3.21. The summed E-state index contributed by atoms with van der Waals surface area (Å²) >= 11 is 0. The molecular formula is C9H13N3O. The fraction of sp³-hybridized carbons (Fsp3) is 0.333. The number of hydrogen-bond acceptors (Lipinski definition) is 3. The van der Waals surface area contributed by atoms with Crippen LogP contribution in [0.2, 0.25) is 0 Å². The minimum absolute atomic E-state index is 0.0905. The maximum atomic E-state index is 11.2. The third-order valence-corrected chi connectivity index (χ3v) is 1.58. The minimum Gasteiger partial charge on any atom is -0.327 e. The second-order valence-corrected chi connectivity index (χ2v) is 2.70. The van der Waals surface area contributed by atoms with Gasteiger partial charge in [0, 0.05) is 12.6 Å². The Labute approximate surface area is 76.7 Å². The first kappa shape index (κ1) is 9.67. The van der Waals surface area contributed by atoms with Gasteiger partial charge in [-0.25, -0.2) is 4.68 Å². The van der Waals surface area contributed by atoms with Crippen LogP contribution in [0.15, 0.2) is 29.1 Å². The van der Waals surface area contributed by atoms with Crippen LogP contribution >= 0.6 is 0 Å².